The Hall–Kier alpha value is -2.01. The summed E-state index contributed by atoms with van der Waals surface area (Å²) in [6, 6.07) is 5.29. The van der Waals surface area contributed by atoms with Crippen LogP contribution in [0.15, 0.2) is 30.6 Å². The van der Waals surface area contributed by atoms with Crippen LogP contribution in [0.1, 0.15) is 16.7 Å². The lowest BCUT2D eigenvalue weighted by Crippen LogP contribution is -2.02. The number of nitrogens with zero attached hydrogens (tertiary/aromatic N) is 2. The van der Waals surface area contributed by atoms with Gasteiger partial charge in [-0.05, 0) is 61.0 Å². The molecule has 0 fully saturated rings. The molecule has 0 bridgehead atoms. The number of H-pyrrole nitrogens is 1. The fourth-order valence-corrected chi connectivity index (χ4v) is 2.54. The van der Waals surface area contributed by atoms with Crippen molar-refractivity contribution in [3.8, 4) is 0 Å². The molecule has 2 heterocycles. The van der Waals surface area contributed by atoms with Gasteiger partial charge in [0.1, 0.15) is 5.82 Å². The first-order valence-corrected chi connectivity index (χ1v) is 6.75. The Kier molecular flexibility index (Phi) is 3.14. The van der Waals surface area contributed by atoms with Crippen molar-refractivity contribution in [3.63, 3.8) is 0 Å². The summed E-state index contributed by atoms with van der Waals surface area (Å²) in [5, 5.41) is 0. The number of rotatable bonds is 2. The Balaban J connectivity index is 2.17. The van der Waals surface area contributed by atoms with Gasteiger partial charge in [0.05, 0.1) is 17.6 Å². The monoisotopic (exact) mass is 287 g/mol. The Morgan fingerprint density at radius 2 is 2.10 bits per heavy atom. The highest BCUT2D eigenvalue weighted by molar-refractivity contribution is 7.71. The van der Waals surface area contributed by atoms with Crippen LogP contribution in [-0.2, 0) is 6.54 Å². The normalized spacial score (nSPS) is 11.2. The largest absolute Gasteiger partial charge is 0.330 e. The fourth-order valence-electron chi connectivity index (χ4n) is 2.27. The van der Waals surface area contributed by atoms with Crippen LogP contribution < -0.4 is 0 Å². The van der Waals surface area contributed by atoms with Gasteiger partial charge in [-0.2, -0.15) is 0 Å². The maximum absolute atomic E-state index is 13.6. The van der Waals surface area contributed by atoms with E-state index in [2.05, 4.69) is 9.97 Å². The number of hydrogen-bond acceptors (Lipinski definition) is 2. The number of pyridine rings is 1. The summed E-state index contributed by atoms with van der Waals surface area (Å²) in [4.78, 5) is 7.20. The molecule has 1 N–H and O–H groups in total. The third-order valence-corrected chi connectivity index (χ3v) is 3.85. The number of nitrogens with one attached hydrogen (secondary N) is 1. The second-order valence-corrected chi connectivity index (χ2v) is 5.32. The molecule has 0 aliphatic heterocycles. The van der Waals surface area contributed by atoms with Gasteiger partial charge in [0.25, 0.3) is 0 Å². The van der Waals surface area contributed by atoms with Gasteiger partial charge in [0, 0.05) is 12.4 Å². The first kappa shape index (κ1) is 13.0. The van der Waals surface area contributed by atoms with E-state index in [-0.39, 0.29) is 5.82 Å². The molecule has 0 saturated carbocycles. The van der Waals surface area contributed by atoms with Crippen LogP contribution in [0.2, 0.25) is 0 Å². The summed E-state index contributed by atoms with van der Waals surface area (Å²) in [5.41, 5.74) is 4.52. The van der Waals surface area contributed by atoms with E-state index in [0.717, 1.165) is 22.2 Å². The predicted molar refractivity (Wildman–Crippen MR) is 79.9 cm³/mol. The Labute approximate surface area is 121 Å². The Morgan fingerprint density at radius 1 is 1.30 bits per heavy atom. The molecule has 3 rings (SSSR count). The zero-order valence-corrected chi connectivity index (χ0v) is 12.1. The smallest absolute Gasteiger partial charge is 0.178 e. The van der Waals surface area contributed by atoms with Gasteiger partial charge in [-0.25, -0.2) is 4.39 Å². The summed E-state index contributed by atoms with van der Waals surface area (Å²) in [6.07, 6.45) is 3.61. The minimum Gasteiger partial charge on any atom is -0.330 e. The lowest BCUT2D eigenvalue weighted by atomic mass is 10.1. The van der Waals surface area contributed by atoms with Gasteiger partial charge < -0.3 is 9.55 Å². The molecule has 3 nitrogen and oxygen atoms in total. The summed E-state index contributed by atoms with van der Waals surface area (Å²) < 4.78 is 16.2. The van der Waals surface area contributed by atoms with Crippen molar-refractivity contribution in [2.75, 3.05) is 0 Å². The van der Waals surface area contributed by atoms with Crippen molar-refractivity contribution >= 4 is 23.3 Å². The fraction of sp³-hybridized carbons (Fsp3) is 0.200. The quantitative estimate of drug-likeness (QED) is 0.725. The number of fused-ring (bicyclic) bond motifs is 1. The molecule has 5 heteroatoms. The minimum atomic E-state index is -0.224. The average Bonchev–Trinajstić information content (AvgIpc) is 2.69. The maximum Gasteiger partial charge on any atom is 0.178 e. The molecule has 0 aliphatic rings. The highest BCUT2D eigenvalue weighted by atomic mass is 32.1. The first-order valence-electron chi connectivity index (χ1n) is 6.34. The molecular formula is C15H14FN3S. The number of aromatic nitrogens is 3. The van der Waals surface area contributed by atoms with E-state index < -0.39 is 0 Å². The third-order valence-electron chi connectivity index (χ3n) is 3.53. The highest BCUT2D eigenvalue weighted by Gasteiger charge is 2.09. The molecule has 0 amide bonds. The third kappa shape index (κ3) is 2.14. The number of halogens is 1. The van der Waals surface area contributed by atoms with Crippen LogP contribution in [0.5, 0.6) is 0 Å². The van der Waals surface area contributed by atoms with Crippen LogP contribution in [-0.4, -0.2) is 14.5 Å². The van der Waals surface area contributed by atoms with Gasteiger partial charge >= 0.3 is 0 Å². The van der Waals surface area contributed by atoms with Crippen molar-refractivity contribution in [2.45, 2.75) is 20.4 Å². The van der Waals surface area contributed by atoms with E-state index in [1.165, 1.54) is 6.07 Å². The standard InChI is InChI=1S/C15H14FN3S/c1-9-3-4-17-7-11(9)8-19-14-5-10(2)12(16)6-13(14)18-15(19)20/h3-7H,8H2,1-2H3,(H,18,20). The SMILES string of the molecule is Cc1cc2c(cc1F)[nH]c(=S)n2Cc1cnccc1C. The van der Waals surface area contributed by atoms with E-state index >= 15 is 0 Å². The van der Waals surface area contributed by atoms with E-state index in [0.29, 0.717) is 16.9 Å². The van der Waals surface area contributed by atoms with Crippen molar-refractivity contribution in [1.82, 2.24) is 14.5 Å². The zero-order chi connectivity index (χ0) is 14.3. The molecule has 3 aromatic rings. The van der Waals surface area contributed by atoms with Crippen molar-refractivity contribution in [1.29, 1.82) is 0 Å². The maximum atomic E-state index is 13.6. The molecule has 1 aromatic carbocycles. The molecular weight excluding hydrogens is 273 g/mol. The van der Waals surface area contributed by atoms with Crippen molar-refractivity contribution < 1.29 is 4.39 Å². The van der Waals surface area contributed by atoms with Crippen molar-refractivity contribution in [2.24, 2.45) is 0 Å². The predicted octanol–water partition coefficient (Wildman–Crippen LogP) is 3.90. The molecule has 0 spiro atoms. The summed E-state index contributed by atoms with van der Waals surface area (Å²) in [7, 11) is 0. The van der Waals surface area contributed by atoms with E-state index in [1.54, 1.807) is 13.1 Å². The van der Waals surface area contributed by atoms with Crippen LogP contribution in [0.25, 0.3) is 11.0 Å². The van der Waals surface area contributed by atoms with Gasteiger partial charge in [0.15, 0.2) is 4.77 Å². The van der Waals surface area contributed by atoms with Gasteiger partial charge in [-0.1, -0.05) is 0 Å². The molecule has 0 atom stereocenters. The van der Waals surface area contributed by atoms with Gasteiger partial charge in [0.2, 0.25) is 0 Å². The summed E-state index contributed by atoms with van der Waals surface area (Å²) >= 11 is 5.35. The first-order chi connectivity index (χ1) is 9.56. The highest BCUT2D eigenvalue weighted by Crippen LogP contribution is 2.20. The van der Waals surface area contributed by atoms with Gasteiger partial charge in [-0.3, -0.25) is 4.98 Å². The van der Waals surface area contributed by atoms with Crippen LogP contribution in [0.4, 0.5) is 4.39 Å². The van der Waals surface area contributed by atoms with Gasteiger partial charge in [-0.15, -0.1) is 0 Å². The number of aromatic amines is 1. The number of benzene rings is 1. The zero-order valence-electron chi connectivity index (χ0n) is 11.3. The summed E-state index contributed by atoms with van der Waals surface area (Å²) in [5.74, 6) is -0.224. The number of imidazole rings is 1. The second-order valence-electron chi connectivity index (χ2n) is 4.94. The lowest BCUT2D eigenvalue weighted by molar-refractivity contribution is 0.620. The summed E-state index contributed by atoms with van der Waals surface area (Å²) in [6.45, 7) is 4.43. The molecule has 0 unspecified atom stereocenters. The molecule has 0 radical (unpaired) electrons. The number of aryl methyl sites for hydroxylation is 2. The van der Waals surface area contributed by atoms with E-state index in [1.807, 2.05) is 29.8 Å². The molecule has 20 heavy (non-hydrogen) atoms. The molecule has 0 saturated heterocycles. The van der Waals surface area contributed by atoms with E-state index in [4.69, 9.17) is 12.2 Å². The van der Waals surface area contributed by atoms with Crippen LogP contribution in [0, 0.1) is 24.4 Å². The average molecular weight is 287 g/mol. The van der Waals surface area contributed by atoms with Crippen molar-refractivity contribution in [3.05, 3.63) is 57.9 Å². The molecule has 102 valence electrons. The van der Waals surface area contributed by atoms with Crippen LogP contribution >= 0.6 is 12.2 Å². The Morgan fingerprint density at radius 3 is 2.85 bits per heavy atom. The minimum absolute atomic E-state index is 0.224. The molecule has 0 aliphatic carbocycles. The topological polar surface area (TPSA) is 33.6 Å². The van der Waals surface area contributed by atoms with Crippen LogP contribution in [0.3, 0.4) is 0 Å². The number of hydrogen-bond donors (Lipinski definition) is 1. The molecule has 2 aromatic heterocycles. The van der Waals surface area contributed by atoms with E-state index in [9.17, 15) is 4.39 Å². The Bertz CT molecular complexity index is 848. The second kappa shape index (κ2) is 4.83. The lowest BCUT2D eigenvalue weighted by Gasteiger charge is -2.08.